The Morgan fingerprint density at radius 2 is 1.94 bits per heavy atom. The zero-order valence-electron chi connectivity index (χ0n) is 10.3. The molecule has 0 aliphatic carbocycles. The van der Waals surface area contributed by atoms with Gasteiger partial charge in [-0.05, 0) is 47.9 Å². The fraction of sp³-hybridized carbons (Fsp3) is 0.200. The molecule has 0 aromatic heterocycles. The SMILES string of the molecule is Cc1cccc(OCc2ccc(F)cc2CN)c1. The molecule has 2 N–H and O–H groups in total. The molecule has 18 heavy (non-hydrogen) atoms. The Bertz CT molecular complexity index is 540. The van der Waals surface area contributed by atoms with E-state index in [9.17, 15) is 4.39 Å². The zero-order chi connectivity index (χ0) is 13.0. The van der Waals surface area contributed by atoms with Crippen molar-refractivity contribution in [2.45, 2.75) is 20.1 Å². The van der Waals surface area contributed by atoms with E-state index in [-0.39, 0.29) is 5.82 Å². The van der Waals surface area contributed by atoms with Crippen LogP contribution in [-0.2, 0) is 13.2 Å². The molecule has 0 fully saturated rings. The normalized spacial score (nSPS) is 10.4. The van der Waals surface area contributed by atoms with Gasteiger partial charge in [0.05, 0.1) is 0 Å². The number of halogens is 1. The summed E-state index contributed by atoms with van der Waals surface area (Å²) in [5.74, 6) is 0.539. The Kier molecular flexibility index (Phi) is 3.95. The highest BCUT2D eigenvalue weighted by Crippen LogP contribution is 2.17. The van der Waals surface area contributed by atoms with Gasteiger partial charge in [0.2, 0.25) is 0 Å². The largest absolute Gasteiger partial charge is 0.489 e. The predicted molar refractivity (Wildman–Crippen MR) is 69.8 cm³/mol. The molecule has 0 atom stereocenters. The molecule has 0 aliphatic heterocycles. The smallest absolute Gasteiger partial charge is 0.123 e. The number of ether oxygens (including phenoxy) is 1. The molecule has 2 nitrogen and oxygen atoms in total. The molecule has 0 radical (unpaired) electrons. The van der Waals surface area contributed by atoms with E-state index in [1.165, 1.54) is 12.1 Å². The van der Waals surface area contributed by atoms with Crippen LogP contribution in [0, 0.1) is 12.7 Å². The molecule has 0 bridgehead atoms. The van der Waals surface area contributed by atoms with Gasteiger partial charge in [-0.15, -0.1) is 0 Å². The summed E-state index contributed by atoms with van der Waals surface area (Å²) >= 11 is 0. The topological polar surface area (TPSA) is 35.2 Å². The van der Waals surface area contributed by atoms with Crippen molar-refractivity contribution in [1.82, 2.24) is 0 Å². The van der Waals surface area contributed by atoms with Crippen molar-refractivity contribution in [3.63, 3.8) is 0 Å². The molecule has 2 rings (SSSR count). The molecule has 0 saturated heterocycles. The third kappa shape index (κ3) is 3.08. The van der Waals surface area contributed by atoms with Crippen LogP contribution in [0.5, 0.6) is 5.75 Å². The fourth-order valence-electron chi connectivity index (χ4n) is 1.79. The number of aryl methyl sites for hydroxylation is 1. The molecule has 94 valence electrons. The van der Waals surface area contributed by atoms with E-state index in [4.69, 9.17) is 10.5 Å². The van der Waals surface area contributed by atoms with Crippen molar-refractivity contribution >= 4 is 0 Å². The van der Waals surface area contributed by atoms with Gasteiger partial charge < -0.3 is 10.5 Å². The lowest BCUT2D eigenvalue weighted by Crippen LogP contribution is -2.05. The second-order valence-electron chi connectivity index (χ2n) is 4.22. The van der Waals surface area contributed by atoms with Crippen LogP contribution in [0.1, 0.15) is 16.7 Å². The van der Waals surface area contributed by atoms with Gasteiger partial charge in [-0.3, -0.25) is 0 Å². The van der Waals surface area contributed by atoms with E-state index in [0.717, 1.165) is 22.4 Å². The van der Waals surface area contributed by atoms with E-state index in [1.807, 2.05) is 31.2 Å². The summed E-state index contributed by atoms with van der Waals surface area (Å²) in [4.78, 5) is 0. The molecule has 0 amide bonds. The summed E-state index contributed by atoms with van der Waals surface area (Å²) in [5, 5.41) is 0. The highest BCUT2D eigenvalue weighted by atomic mass is 19.1. The van der Waals surface area contributed by atoms with Crippen LogP contribution in [0.25, 0.3) is 0 Å². The molecule has 3 heteroatoms. The third-order valence-electron chi connectivity index (χ3n) is 2.77. The second-order valence-corrected chi connectivity index (χ2v) is 4.22. The lowest BCUT2D eigenvalue weighted by Gasteiger charge is -2.10. The summed E-state index contributed by atoms with van der Waals surface area (Å²) < 4.78 is 18.7. The van der Waals surface area contributed by atoms with Crippen molar-refractivity contribution in [1.29, 1.82) is 0 Å². The van der Waals surface area contributed by atoms with Crippen LogP contribution >= 0.6 is 0 Å². The molecule has 2 aromatic rings. The van der Waals surface area contributed by atoms with Crippen molar-refractivity contribution in [3.05, 3.63) is 65.0 Å². The summed E-state index contributed by atoms with van der Waals surface area (Å²) in [5.41, 5.74) is 8.43. The Balaban J connectivity index is 2.10. The van der Waals surface area contributed by atoms with E-state index >= 15 is 0 Å². The van der Waals surface area contributed by atoms with Crippen molar-refractivity contribution in [2.75, 3.05) is 0 Å². The summed E-state index contributed by atoms with van der Waals surface area (Å²) in [6.07, 6.45) is 0. The Morgan fingerprint density at radius 1 is 1.11 bits per heavy atom. The Hall–Kier alpha value is -1.87. The maximum atomic E-state index is 13.1. The minimum Gasteiger partial charge on any atom is -0.489 e. The van der Waals surface area contributed by atoms with Crippen molar-refractivity contribution < 1.29 is 9.13 Å². The number of benzene rings is 2. The molecule has 0 aliphatic rings. The lowest BCUT2D eigenvalue weighted by atomic mass is 10.1. The molecule has 0 heterocycles. The minimum atomic E-state index is -0.269. The van der Waals surface area contributed by atoms with Crippen LogP contribution in [-0.4, -0.2) is 0 Å². The fourth-order valence-corrected chi connectivity index (χ4v) is 1.79. The molecule has 2 aromatic carbocycles. The number of rotatable bonds is 4. The summed E-state index contributed by atoms with van der Waals surface area (Å²) in [7, 11) is 0. The van der Waals surface area contributed by atoms with E-state index in [1.54, 1.807) is 6.07 Å². The van der Waals surface area contributed by atoms with Gasteiger partial charge in [0.25, 0.3) is 0 Å². The monoisotopic (exact) mass is 245 g/mol. The molecular formula is C15H16FNO. The molecule has 0 saturated carbocycles. The number of hydrogen-bond acceptors (Lipinski definition) is 2. The van der Waals surface area contributed by atoms with Gasteiger partial charge in [-0.2, -0.15) is 0 Å². The van der Waals surface area contributed by atoms with Crippen LogP contribution < -0.4 is 10.5 Å². The van der Waals surface area contributed by atoms with Gasteiger partial charge >= 0.3 is 0 Å². The minimum absolute atomic E-state index is 0.269. The van der Waals surface area contributed by atoms with Crippen molar-refractivity contribution in [3.8, 4) is 5.75 Å². The first kappa shape index (κ1) is 12.6. The third-order valence-corrected chi connectivity index (χ3v) is 2.77. The van der Waals surface area contributed by atoms with Gasteiger partial charge in [0.1, 0.15) is 18.2 Å². The zero-order valence-corrected chi connectivity index (χ0v) is 10.3. The predicted octanol–water partition coefficient (Wildman–Crippen LogP) is 3.17. The van der Waals surface area contributed by atoms with Gasteiger partial charge in [0, 0.05) is 6.54 Å². The number of hydrogen-bond donors (Lipinski definition) is 1. The Morgan fingerprint density at radius 3 is 2.67 bits per heavy atom. The van der Waals surface area contributed by atoms with Gasteiger partial charge in [-0.25, -0.2) is 4.39 Å². The van der Waals surface area contributed by atoms with Crippen LogP contribution in [0.2, 0.25) is 0 Å². The summed E-state index contributed by atoms with van der Waals surface area (Å²) in [6.45, 7) is 2.72. The van der Waals surface area contributed by atoms with Crippen LogP contribution in [0.4, 0.5) is 4.39 Å². The van der Waals surface area contributed by atoms with E-state index in [2.05, 4.69) is 0 Å². The lowest BCUT2D eigenvalue weighted by molar-refractivity contribution is 0.304. The standard InChI is InChI=1S/C15H16FNO/c1-11-3-2-4-15(7-11)18-10-12-5-6-14(16)8-13(12)9-17/h2-8H,9-10,17H2,1H3. The Labute approximate surface area is 106 Å². The first-order valence-corrected chi connectivity index (χ1v) is 5.86. The van der Waals surface area contributed by atoms with Gasteiger partial charge in [0.15, 0.2) is 0 Å². The first-order chi connectivity index (χ1) is 8.69. The summed E-state index contributed by atoms with van der Waals surface area (Å²) in [6, 6.07) is 12.4. The first-order valence-electron chi connectivity index (χ1n) is 5.86. The van der Waals surface area contributed by atoms with Crippen molar-refractivity contribution in [2.24, 2.45) is 5.73 Å². The maximum absolute atomic E-state index is 13.1. The average Bonchev–Trinajstić information content (AvgIpc) is 2.37. The number of nitrogens with two attached hydrogens (primary N) is 1. The maximum Gasteiger partial charge on any atom is 0.123 e. The molecular weight excluding hydrogens is 229 g/mol. The highest BCUT2D eigenvalue weighted by Gasteiger charge is 2.04. The van der Waals surface area contributed by atoms with Crippen LogP contribution in [0.3, 0.4) is 0 Å². The van der Waals surface area contributed by atoms with E-state index < -0.39 is 0 Å². The quantitative estimate of drug-likeness (QED) is 0.898. The highest BCUT2D eigenvalue weighted by molar-refractivity contribution is 5.30. The van der Waals surface area contributed by atoms with E-state index in [0.29, 0.717) is 13.2 Å². The molecule has 0 unspecified atom stereocenters. The molecule has 0 spiro atoms. The van der Waals surface area contributed by atoms with Crippen LogP contribution in [0.15, 0.2) is 42.5 Å². The second kappa shape index (κ2) is 5.65. The van der Waals surface area contributed by atoms with Gasteiger partial charge in [-0.1, -0.05) is 18.2 Å². The average molecular weight is 245 g/mol.